The molecule has 0 atom stereocenters. The molecule has 1 N–H and O–H groups in total. The van der Waals surface area contributed by atoms with E-state index in [1.165, 1.54) is 16.3 Å². The highest BCUT2D eigenvalue weighted by atomic mass is 32.1. The molecule has 0 aliphatic heterocycles. The average molecular weight is 217 g/mol. The Morgan fingerprint density at radius 2 is 1.80 bits per heavy atom. The van der Waals surface area contributed by atoms with E-state index in [1.807, 2.05) is 0 Å². The molecule has 2 aromatic rings. The van der Waals surface area contributed by atoms with E-state index in [-0.39, 0.29) is 0 Å². The molecule has 15 heavy (non-hydrogen) atoms. The Kier molecular flexibility index (Phi) is 3.64. The van der Waals surface area contributed by atoms with Gasteiger partial charge < -0.3 is 5.32 Å². The van der Waals surface area contributed by atoms with Crippen LogP contribution in [-0.2, 0) is 6.42 Å². The maximum Gasteiger partial charge on any atom is 0.0387 e. The monoisotopic (exact) mass is 217 g/mol. The van der Waals surface area contributed by atoms with Crippen molar-refractivity contribution in [2.75, 3.05) is 12.4 Å². The topological polar surface area (TPSA) is 12.0 Å². The number of nitrogens with one attached hydrogen (secondary N) is 1. The minimum atomic E-state index is 0.741. The van der Waals surface area contributed by atoms with E-state index in [9.17, 15) is 0 Å². The Balaban J connectivity index is 2.26. The van der Waals surface area contributed by atoms with Gasteiger partial charge >= 0.3 is 0 Å². The second kappa shape index (κ2) is 5.19. The summed E-state index contributed by atoms with van der Waals surface area (Å²) in [5.74, 6) is 0.741. The van der Waals surface area contributed by atoms with Crippen LogP contribution in [0.15, 0.2) is 42.5 Å². The van der Waals surface area contributed by atoms with Crippen molar-refractivity contribution in [3.8, 4) is 0 Å². The zero-order valence-electron chi connectivity index (χ0n) is 8.61. The molecule has 0 fully saturated rings. The van der Waals surface area contributed by atoms with E-state index in [0.717, 1.165) is 18.8 Å². The van der Waals surface area contributed by atoms with Crippen LogP contribution in [0.2, 0.25) is 0 Å². The molecule has 2 heteroatoms. The van der Waals surface area contributed by atoms with Gasteiger partial charge in [-0.3, -0.25) is 0 Å². The van der Waals surface area contributed by atoms with Gasteiger partial charge in [0.15, 0.2) is 0 Å². The fourth-order valence-corrected chi connectivity index (χ4v) is 1.97. The highest BCUT2D eigenvalue weighted by Gasteiger charge is 1.98. The maximum absolute atomic E-state index is 4.13. The summed E-state index contributed by atoms with van der Waals surface area (Å²) in [6.07, 6.45) is 1.06. The predicted molar refractivity (Wildman–Crippen MR) is 69.5 cm³/mol. The smallest absolute Gasteiger partial charge is 0.0387 e. The molecule has 0 unspecified atom stereocenters. The maximum atomic E-state index is 4.13. The second-order valence-electron chi connectivity index (χ2n) is 3.55. The van der Waals surface area contributed by atoms with E-state index in [4.69, 9.17) is 0 Å². The third-order valence-electron chi connectivity index (χ3n) is 2.56. The van der Waals surface area contributed by atoms with Crippen LogP contribution in [0.1, 0.15) is 5.56 Å². The Morgan fingerprint density at radius 3 is 2.67 bits per heavy atom. The van der Waals surface area contributed by atoms with E-state index in [1.54, 1.807) is 0 Å². The van der Waals surface area contributed by atoms with Crippen molar-refractivity contribution in [3.05, 3.63) is 48.0 Å². The highest BCUT2D eigenvalue weighted by Crippen LogP contribution is 2.18. The van der Waals surface area contributed by atoms with Gasteiger partial charge in [-0.15, -0.1) is 0 Å². The first kappa shape index (κ1) is 10.5. The molecule has 0 aromatic heterocycles. The van der Waals surface area contributed by atoms with Crippen molar-refractivity contribution in [1.82, 2.24) is 5.32 Å². The summed E-state index contributed by atoms with van der Waals surface area (Å²) >= 11 is 4.13. The number of rotatable bonds is 4. The lowest BCUT2D eigenvalue weighted by atomic mass is 10.0. The van der Waals surface area contributed by atoms with Gasteiger partial charge in [-0.25, -0.2) is 0 Å². The average Bonchev–Trinajstić information content (AvgIpc) is 2.30. The van der Waals surface area contributed by atoms with E-state index >= 15 is 0 Å². The van der Waals surface area contributed by atoms with Crippen LogP contribution in [0.25, 0.3) is 10.8 Å². The fraction of sp³-hybridized carbons (Fsp3) is 0.231. The molecule has 0 amide bonds. The summed E-state index contributed by atoms with van der Waals surface area (Å²) in [5, 5.41) is 5.91. The van der Waals surface area contributed by atoms with Crippen LogP contribution in [0, 0.1) is 0 Å². The Morgan fingerprint density at radius 1 is 1.00 bits per heavy atom. The number of hydrogen-bond donors (Lipinski definition) is 2. The summed E-state index contributed by atoms with van der Waals surface area (Å²) in [5.41, 5.74) is 1.40. The lowest BCUT2D eigenvalue weighted by Gasteiger charge is -2.06. The summed E-state index contributed by atoms with van der Waals surface area (Å²) in [4.78, 5) is 0. The third kappa shape index (κ3) is 2.52. The second-order valence-corrected chi connectivity index (χ2v) is 3.86. The first-order valence-corrected chi connectivity index (χ1v) is 5.83. The normalized spacial score (nSPS) is 10.7. The largest absolute Gasteiger partial charge is 0.308 e. The van der Waals surface area contributed by atoms with Crippen LogP contribution < -0.4 is 5.32 Å². The lowest BCUT2D eigenvalue weighted by Crippen LogP contribution is -2.14. The van der Waals surface area contributed by atoms with Crippen LogP contribution in [-0.4, -0.2) is 12.4 Å². The van der Waals surface area contributed by atoms with Crippen molar-refractivity contribution in [2.45, 2.75) is 6.42 Å². The van der Waals surface area contributed by atoms with Gasteiger partial charge in [0.2, 0.25) is 0 Å². The molecule has 0 spiro atoms. The zero-order valence-corrected chi connectivity index (χ0v) is 9.50. The van der Waals surface area contributed by atoms with Crippen LogP contribution in [0.4, 0.5) is 0 Å². The number of thiol groups is 1. The van der Waals surface area contributed by atoms with Crippen molar-refractivity contribution >= 4 is 23.4 Å². The molecule has 0 saturated heterocycles. The first-order valence-electron chi connectivity index (χ1n) is 5.20. The van der Waals surface area contributed by atoms with Gasteiger partial charge in [0, 0.05) is 5.88 Å². The van der Waals surface area contributed by atoms with Crippen molar-refractivity contribution in [2.24, 2.45) is 0 Å². The molecule has 2 rings (SSSR count). The molecule has 0 saturated carbocycles. The van der Waals surface area contributed by atoms with Gasteiger partial charge in [-0.05, 0) is 29.3 Å². The van der Waals surface area contributed by atoms with Crippen LogP contribution in [0.5, 0.6) is 0 Å². The summed E-state index contributed by atoms with van der Waals surface area (Å²) in [6, 6.07) is 15.0. The number of hydrogen-bond acceptors (Lipinski definition) is 2. The van der Waals surface area contributed by atoms with E-state index < -0.39 is 0 Å². The Hall–Kier alpha value is -0.990. The highest BCUT2D eigenvalue weighted by molar-refractivity contribution is 7.80. The van der Waals surface area contributed by atoms with Gasteiger partial charge in [0.1, 0.15) is 0 Å². The van der Waals surface area contributed by atoms with Crippen LogP contribution in [0.3, 0.4) is 0 Å². The fourth-order valence-electron chi connectivity index (χ4n) is 1.81. The standard InChI is InChI=1S/C13H15NS/c15-10-14-9-8-12-6-3-5-11-4-1-2-7-13(11)12/h1-7,14-15H,8-10H2. The van der Waals surface area contributed by atoms with E-state index in [2.05, 4.69) is 60.4 Å². The molecular weight excluding hydrogens is 202 g/mol. The first-order chi connectivity index (χ1) is 7.42. The molecule has 78 valence electrons. The molecular formula is C13H15NS. The molecule has 0 heterocycles. The number of fused-ring (bicyclic) bond motifs is 1. The zero-order chi connectivity index (χ0) is 10.5. The summed E-state index contributed by atoms with van der Waals surface area (Å²) in [6.45, 7) is 0.984. The molecule has 0 aliphatic carbocycles. The van der Waals surface area contributed by atoms with Gasteiger partial charge in [0.25, 0.3) is 0 Å². The third-order valence-corrected chi connectivity index (χ3v) is 2.79. The molecule has 0 radical (unpaired) electrons. The van der Waals surface area contributed by atoms with Gasteiger partial charge in [-0.1, -0.05) is 42.5 Å². The SMILES string of the molecule is SCNCCc1cccc2ccccc12. The number of benzene rings is 2. The molecule has 1 nitrogen and oxygen atoms in total. The summed E-state index contributed by atoms with van der Waals surface area (Å²) in [7, 11) is 0. The van der Waals surface area contributed by atoms with Gasteiger partial charge in [-0.2, -0.15) is 12.6 Å². The van der Waals surface area contributed by atoms with Crippen molar-refractivity contribution in [1.29, 1.82) is 0 Å². The quantitative estimate of drug-likeness (QED) is 0.456. The van der Waals surface area contributed by atoms with E-state index in [0.29, 0.717) is 0 Å². The van der Waals surface area contributed by atoms with Crippen molar-refractivity contribution in [3.63, 3.8) is 0 Å². The molecule has 2 aromatic carbocycles. The predicted octanol–water partition coefficient (Wildman–Crippen LogP) is 2.86. The molecule has 0 bridgehead atoms. The van der Waals surface area contributed by atoms with Crippen molar-refractivity contribution < 1.29 is 0 Å². The summed E-state index contributed by atoms with van der Waals surface area (Å²) < 4.78 is 0. The Bertz CT molecular complexity index is 434. The van der Waals surface area contributed by atoms with Crippen LogP contribution >= 0.6 is 12.6 Å². The Labute approximate surface area is 95.9 Å². The molecule has 0 aliphatic rings. The minimum absolute atomic E-state index is 0.741. The van der Waals surface area contributed by atoms with Gasteiger partial charge in [0.05, 0.1) is 0 Å². The lowest BCUT2D eigenvalue weighted by molar-refractivity contribution is 0.779. The minimum Gasteiger partial charge on any atom is -0.308 e.